The smallest absolute Gasteiger partial charge is 0.290 e. The van der Waals surface area contributed by atoms with Crippen LogP contribution < -0.4 is 10.5 Å². The second kappa shape index (κ2) is 9.25. The van der Waals surface area contributed by atoms with E-state index in [1.165, 1.54) is 11.8 Å². The standard InChI is InChI=1S/C22H20N2O4S/c1-28-17-13-11-16(12-14-17)22(29-19-10-6-5-9-18(19)23)20(24(26)27)21(25)15-7-3-2-4-8-15/h2-14,20,22H,23H2,1H3. The van der Waals surface area contributed by atoms with Crippen molar-refractivity contribution in [1.29, 1.82) is 0 Å². The van der Waals surface area contributed by atoms with Gasteiger partial charge in [-0.25, -0.2) is 0 Å². The number of hydrogen-bond acceptors (Lipinski definition) is 6. The van der Waals surface area contributed by atoms with Crippen LogP contribution in [0, 0.1) is 10.1 Å². The molecule has 0 amide bonds. The van der Waals surface area contributed by atoms with Gasteiger partial charge in [0.2, 0.25) is 5.78 Å². The number of Topliss-reactive ketones (excluding diaryl/α,β-unsaturated/α-hetero) is 1. The van der Waals surface area contributed by atoms with E-state index < -0.39 is 22.0 Å². The molecule has 3 aromatic rings. The summed E-state index contributed by atoms with van der Waals surface area (Å²) in [6.45, 7) is 0. The highest BCUT2D eigenvalue weighted by molar-refractivity contribution is 7.99. The maximum Gasteiger partial charge on any atom is 0.290 e. The van der Waals surface area contributed by atoms with Gasteiger partial charge in [-0.2, -0.15) is 0 Å². The van der Waals surface area contributed by atoms with Crippen molar-refractivity contribution in [2.24, 2.45) is 0 Å². The van der Waals surface area contributed by atoms with Gasteiger partial charge in [0.05, 0.1) is 7.11 Å². The molecule has 2 atom stereocenters. The van der Waals surface area contributed by atoms with Gasteiger partial charge in [-0.05, 0) is 29.8 Å². The average molecular weight is 408 g/mol. The van der Waals surface area contributed by atoms with E-state index in [2.05, 4.69) is 0 Å². The van der Waals surface area contributed by atoms with Crippen molar-refractivity contribution in [1.82, 2.24) is 0 Å². The van der Waals surface area contributed by atoms with Crippen LogP contribution in [0.1, 0.15) is 21.2 Å². The van der Waals surface area contributed by atoms with Crippen molar-refractivity contribution in [3.05, 3.63) is 100 Å². The molecule has 6 nitrogen and oxygen atoms in total. The first-order valence-electron chi connectivity index (χ1n) is 8.89. The lowest BCUT2D eigenvalue weighted by Gasteiger charge is -2.21. The summed E-state index contributed by atoms with van der Waals surface area (Å²) in [6.07, 6.45) is 0. The summed E-state index contributed by atoms with van der Waals surface area (Å²) in [7, 11) is 1.55. The molecule has 3 aromatic carbocycles. The minimum atomic E-state index is -1.48. The molecule has 0 bridgehead atoms. The number of ether oxygens (including phenoxy) is 1. The zero-order chi connectivity index (χ0) is 20.8. The first kappa shape index (κ1) is 20.4. The lowest BCUT2D eigenvalue weighted by molar-refractivity contribution is -0.505. The number of rotatable bonds is 8. The van der Waals surface area contributed by atoms with E-state index in [1.807, 2.05) is 6.07 Å². The van der Waals surface area contributed by atoms with Crippen LogP contribution in [0.2, 0.25) is 0 Å². The second-order valence-corrected chi connectivity index (χ2v) is 7.49. The summed E-state index contributed by atoms with van der Waals surface area (Å²) in [5.74, 6) is 0.0854. The molecule has 0 radical (unpaired) electrons. The minimum absolute atomic E-state index is 0.300. The van der Waals surface area contributed by atoms with Gasteiger partial charge >= 0.3 is 0 Å². The Labute approximate surface area is 172 Å². The van der Waals surface area contributed by atoms with Crippen LogP contribution in [0.4, 0.5) is 5.69 Å². The maximum atomic E-state index is 13.1. The Balaban J connectivity index is 2.06. The molecule has 3 rings (SSSR count). The third-order valence-electron chi connectivity index (χ3n) is 4.46. The molecule has 0 saturated carbocycles. The molecular formula is C22H20N2O4S. The molecule has 29 heavy (non-hydrogen) atoms. The largest absolute Gasteiger partial charge is 0.497 e. The van der Waals surface area contributed by atoms with Gasteiger partial charge in [-0.15, -0.1) is 11.8 Å². The van der Waals surface area contributed by atoms with Crippen molar-refractivity contribution >= 4 is 23.2 Å². The summed E-state index contributed by atoms with van der Waals surface area (Å²) in [4.78, 5) is 25.3. The van der Waals surface area contributed by atoms with Gasteiger partial charge in [-0.1, -0.05) is 54.6 Å². The number of benzene rings is 3. The van der Waals surface area contributed by atoms with Crippen LogP contribution in [-0.2, 0) is 0 Å². The highest BCUT2D eigenvalue weighted by Gasteiger charge is 2.41. The van der Waals surface area contributed by atoms with Gasteiger partial charge in [0.25, 0.3) is 6.04 Å². The fourth-order valence-electron chi connectivity index (χ4n) is 2.95. The van der Waals surface area contributed by atoms with Crippen molar-refractivity contribution in [2.75, 3.05) is 12.8 Å². The highest BCUT2D eigenvalue weighted by atomic mass is 32.2. The number of carbonyl (C=O) groups is 1. The van der Waals surface area contributed by atoms with Crippen molar-refractivity contribution in [3.8, 4) is 5.75 Å². The maximum absolute atomic E-state index is 13.1. The summed E-state index contributed by atoms with van der Waals surface area (Å²) in [6, 6.07) is 20.9. The topological polar surface area (TPSA) is 95.5 Å². The quantitative estimate of drug-likeness (QED) is 0.192. The van der Waals surface area contributed by atoms with Crippen molar-refractivity contribution in [3.63, 3.8) is 0 Å². The Hall–Kier alpha value is -3.32. The van der Waals surface area contributed by atoms with E-state index in [0.29, 0.717) is 27.5 Å². The molecule has 0 aliphatic carbocycles. The number of nitrogens with two attached hydrogens (primary N) is 1. The molecule has 0 aromatic heterocycles. The predicted molar refractivity (Wildman–Crippen MR) is 114 cm³/mol. The first-order chi connectivity index (χ1) is 14.0. The van der Waals surface area contributed by atoms with Crippen LogP contribution in [-0.4, -0.2) is 23.9 Å². The van der Waals surface area contributed by atoms with E-state index in [4.69, 9.17) is 10.5 Å². The number of nitrogen functional groups attached to an aromatic ring is 1. The number of nitro groups is 1. The Bertz CT molecular complexity index is 993. The lowest BCUT2D eigenvalue weighted by Crippen LogP contribution is -2.34. The number of thioether (sulfide) groups is 1. The molecule has 0 spiro atoms. The average Bonchev–Trinajstić information content (AvgIpc) is 2.75. The molecular weight excluding hydrogens is 388 g/mol. The first-order valence-corrected chi connectivity index (χ1v) is 9.77. The van der Waals surface area contributed by atoms with Gasteiger partial charge < -0.3 is 10.5 Å². The normalized spacial score (nSPS) is 12.7. The minimum Gasteiger partial charge on any atom is -0.497 e. The predicted octanol–water partition coefficient (Wildman–Crippen LogP) is 4.64. The number of para-hydroxylation sites is 1. The fraction of sp³-hybridized carbons (Fsp3) is 0.136. The monoisotopic (exact) mass is 408 g/mol. The molecule has 0 aliphatic rings. The van der Waals surface area contributed by atoms with E-state index in [1.54, 1.807) is 79.9 Å². The third kappa shape index (κ3) is 4.75. The number of hydrogen-bond donors (Lipinski definition) is 1. The molecule has 2 unspecified atom stereocenters. The Morgan fingerprint density at radius 3 is 2.21 bits per heavy atom. The molecule has 7 heteroatoms. The van der Waals surface area contributed by atoms with Crippen LogP contribution in [0.15, 0.2) is 83.8 Å². The van der Waals surface area contributed by atoms with E-state index in [0.717, 1.165) is 0 Å². The highest BCUT2D eigenvalue weighted by Crippen LogP contribution is 2.42. The summed E-state index contributed by atoms with van der Waals surface area (Å²) in [5.41, 5.74) is 7.51. The molecule has 0 heterocycles. The Kier molecular flexibility index (Phi) is 6.51. The van der Waals surface area contributed by atoms with Crippen LogP contribution in [0.25, 0.3) is 0 Å². The number of anilines is 1. The zero-order valence-corrected chi connectivity index (χ0v) is 16.5. The summed E-state index contributed by atoms with van der Waals surface area (Å²) < 4.78 is 5.18. The number of nitrogens with zero attached hydrogens (tertiary/aromatic N) is 1. The van der Waals surface area contributed by atoms with Crippen LogP contribution in [0.5, 0.6) is 5.75 Å². The lowest BCUT2D eigenvalue weighted by atomic mass is 9.97. The molecule has 148 valence electrons. The van der Waals surface area contributed by atoms with E-state index >= 15 is 0 Å². The number of ketones is 1. The van der Waals surface area contributed by atoms with Gasteiger partial charge in [0.1, 0.15) is 11.0 Å². The molecule has 0 fully saturated rings. The van der Waals surface area contributed by atoms with Crippen molar-refractivity contribution in [2.45, 2.75) is 16.2 Å². The zero-order valence-electron chi connectivity index (χ0n) is 15.7. The molecule has 2 N–H and O–H groups in total. The third-order valence-corrected chi connectivity index (χ3v) is 5.87. The second-order valence-electron chi connectivity index (χ2n) is 6.31. The molecule has 0 saturated heterocycles. The van der Waals surface area contributed by atoms with E-state index in [9.17, 15) is 14.9 Å². The summed E-state index contributed by atoms with van der Waals surface area (Å²) >= 11 is 1.21. The van der Waals surface area contributed by atoms with Crippen LogP contribution in [0.3, 0.4) is 0 Å². The van der Waals surface area contributed by atoms with Crippen LogP contribution >= 0.6 is 11.8 Å². The number of carbonyl (C=O) groups excluding carboxylic acids is 1. The van der Waals surface area contributed by atoms with Gasteiger partial charge in [0, 0.05) is 21.1 Å². The Morgan fingerprint density at radius 1 is 1.00 bits per heavy atom. The molecule has 0 aliphatic heterocycles. The van der Waals surface area contributed by atoms with Crippen molar-refractivity contribution < 1.29 is 14.5 Å². The fourth-order valence-corrected chi connectivity index (χ4v) is 4.23. The van der Waals surface area contributed by atoms with E-state index in [-0.39, 0.29) is 0 Å². The Morgan fingerprint density at radius 2 is 1.62 bits per heavy atom. The summed E-state index contributed by atoms with van der Waals surface area (Å²) in [5, 5.41) is 11.3. The van der Waals surface area contributed by atoms with Gasteiger partial charge in [0.15, 0.2) is 0 Å². The number of methoxy groups -OCH3 is 1. The SMILES string of the molecule is COc1ccc(C(Sc2ccccc2N)C(C(=O)c2ccccc2)[N+](=O)[O-])cc1. The van der Waals surface area contributed by atoms with Gasteiger partial charge in [-0.3, -0.25) is 14.9 Å².